The summed E-state index contributed by atoms with van der Waals surface area (Å²) in [7, 11) is 1.60. The summed E-state index contributed by atoms with van der Waals surface area (Å²) in [5.74, 6) is 0.215. The summed E-state index contributed by atoms with van der Waals surface area (Å²) in [5, 5.41) is 2.93. The molecule has 1 heterocycles. The van der Waals surface area contributed by atoms with E-state index in [1.807, 2.05) is 26.0 Å². The average molecular weight is 273 g/mol. The van der Waals surface area contributed by atoms with E-state index in [-0.39, 0.29) is 11.7 Å². The Morgan fingerprint density at radius 3 is 2.55 bits per heavy atom. The van der Waals surface area contributed by atoms with E-state index in [2.05, 4.69) is 5.32 Å². The van der Waals surface area contributed by atoms with Gasteiger partial charge in [-0.05, 0) is 55.9 Å². The molecule has 1 aromatic rings. The average Bonchev–Trinajstić information content (AvgIpc) is 3.22. The topological polar surface area (TPSA) is 55.4 Å². The monoisotopic (exact) mass is 273 g/mol. The number of carbonyl (C=O) groups is 2. The number of ketones is 1. The molecule has 1 aromatic carbocycles. The summed E-state index contributed by atoms with van der Waals surface area (Å²) in [5.41, 5.74) is 1.03. The first-order valence-electron chi connectivity index (χ1n) is 6.98. The predicted molar refractivity (Wildman–Crippen MR) is 74.8 cm³/mol. The first-order valence-corrected chi connectivity index (χ1v) is 6.98. The standard InChI is InChI=1S/C16H19NO3/c1-9-8-11(20-3)6-7-12(9)13-14(18)16(2,10-4-5-10)17-15(13)19/h6-8,10,13H,4-5H2,1-3H3,(H,17,19). The highest BCUT2D eigenvalue weighted by molar-refractivity contribution is 6.17. The Bertz CT molecular complexity index is 591. The lowest BCUT2D eigenvalue weighted by Gasteiger charge is -2.21. The van der Waals surface area contributed by atoms with Gasteiger partial charge in [-0.3, -0.25) is 9.59 Å². The molecule has 0 bridgehead atoms. The molecule has 1 aliphatic carbocycles. The molecule has 2 fully saturated rings. The summed E-state index contributed by atoms with van der Waals surface area (Å²) in [4.78, 5) is 25.0. The van der Waals surface area contributed by atoms with Crippen molar-refractivity contribution < 1.29 is 14.3 Å². The molecule has 20 heavy (non-hydrogen) atoms. The van der Waals surface area contributed by atoms with E-state index in [1.54, 1.807) is 13.2 Å². The van der Waals surface area contributed by atoms with Crippen molar-refractivity contribution >= 4 is 11.7 Å². The molecule has 1 N–H and O–H groups in total. The maximum absolute atomic E-state index is 12.7. The lowest BCUT2D eigenvalue weighted by atomic mass is 9.84. The van der Waals surface area contributed by atoms with Crippen molar-refractivity contribution in [3.8, 4) is 5.75 Å². The van der Waals surface area contributed by atoms with Crippen LogP contribution in [0.25, 0.3) is 0 Å². The molecule has 2 aliphatic rings. The van der Waals surface area contributed by atoms with Crippen LogP contribution in [0.2, 0.25) is 0 Å². The molecule has 1 amide bonds. The van der Waals surface area contributed by atoms with Gasteiger partial charge in [0, 0.05) is 0 Å². The lowest BCUT2D eigenvalue weighted by Crippen LogP contribution is -2.45. The van der Waals surface area contributed by atoms with E-state index in [0.717, 1.165) is 29.7 Å². The third-order valence-electron chi connectivity index (χ3n) is 4.60. The van der Waals surface area contributed by atoms with Crippen molar-refractivity contribution in [2.75, 3.05) is 7.11 Å². The molecular weight excluding hydrogens is 254 g/mol. The Balaban J connectivity index is 1.98. The van der Waals surface area contributed by atoms with Gasteiger partial charge in [0.1, 0.15) is 11.7 Å². The third kappa shape index (κ3) is 1.82. The van der Waals surface area contributed by atoms with Gasteiger partial charge in [0.25, 0.3) is 0 Å². The summed E-state index contributed by atoms with van der Waals surface area (Å²) in [6.07, 6.45) is 2.05. The minimum atomic E-state index is -0.675. The highest BCUT2D eigenvalue weighted by atomic mass is 16.5. The number of ether oxygens (including phenoxy) is 1. The fourth-order valence-electron chi connectivity index (χ4n) is 3.15. The van der Waals surface area contributed by atoms with Crippen molar-refractivity contribution in [3.05, 3.63) is 29.3 Å². The van der Waals surface area contributed by atoms with Crippen LogP contribution in [-0.4, -0.2) is 24.3 Å². The van der Waals surface area contributed by atoms with E-state index in [9.17, 15) is 9.59 Å². The molecule has 0 aromatic heterocycles. The van der Waals surface area contributed by atoms with Gasteiger partial charge < -0.3 is 10.1 Å². The van der Waals surface area contributed by atoms with Crippen LogP contribution in [0.1, 0.15) is 36.8 Å². The van der Waals surface area contributed by atoms with Crippen molar-refractivity contribution in [1.82, 2.24) is 5.32 Å². The normalized spacial score (nSPS) is 29.4. The van der Waals surface area contributed by atoms with Crippen LogP contribution in [0.15, 0.2) is 18.2 Å². The maximum Gasteiger partial charge on any atom is 0.235 e. The Kier molecular flexibility index (Phi) is 2.85. The van der Waals surface area contributed by atoms with Gasteiger partial charge in [-0.15, -0.1) is 0 Å². The van der Waals surface area contributed by atoms with E-state index in [1.165, 1.54) is 0 Å². The van der Waals surface area contributed by atoms with Crippen LogP contribution in [0.4, 0.5) is 0 Å². The van der Waals surface area contributed by atoms with Gasteiger partial charge >= 0.3 is 0 Å². The van der Waals surface area contributed by atoms with Crippen LogP contribution < -0.4 is 10.1 Å². The van der Waals surface area contributed by atoms with Crippen LogP contribution in [-0.2, 0) is 9.59 Å². The maximum atomic E-state index is 12.7. The van der Waals surface area contributed by atoms with Gasteiger partial charge in [-0.25, -0.2) is 0 Å². The number of aryl methyl sites for hydroxylation is 1. The number of hydrogen-bond donors (Lipinski definition) is 1. The van der Waals surface area contributed by atoms with Crippen molar-refractivity contribution in [2.45, 2.75) is 38.1 Å². The molecule has 1 aliphatic heterocycles. The van der Waals surface area contributed by atoms with Gasteiger partial charge in [0.2, 0.25) is 5.91 Å². The number of amides is 1. The van der Waals surface area contributed by atoms with Gasteiger partial charge in [-0.1, -0.05) is 6.07 Å². The van der Waals surface area contributed by atoms with Gasteiger partial charge in [0.05, 0.1) is 12.6 Å². The highest BCUT2D eigenvalue weighted by Gasteiger charge is 2.57. The quantitative estimate of drug-likeness (QED) is 0.856. The van der Waals surface area contributed by atoms with Gasteiger partial charge in [0.15, 0.2) is 5.78 Å². The van der Waals surface area contributed by atoms with Crippen LogP contribution >= 0.6 is 0 Å². The molecule has 2 unspecified atom stereocenters. The molecule has 0 spiro atoms. The number of nitrogens with one attached hydrogen (secondary N) is 1. The first kappa shape index (κ1) is 13.2. The molecular formula is C16H19NO3. The summed E-state index contributed by atoms with van der Waals surface area (Å²) >= 11 is 0. The zero-order chi connectivity index (χ0) is 14.5. The Hall–Kier alpha value is -1.84. The van der Waals surface area contributed by atoms with E-state index < -0.39 is 11.5 Å². The number of rotatable bonds is 3. The van der Waals surface area contributed by atoms with Crippen LogP contribution in [0, 0.1) is 12.8 Å². The summed E-state index contributed by atoms with van der Waals surface area (Å²) in [6.45, 7) is 3.77. The fourth-order valence-corrected chi connectivity index (χ4v) is 3.15. The summed E-state index contributed by atoms with van der Waals surface area (Å²) < 4.78 is 5.17. The lowest BCUT2D eigenvalue weighted by molar-refractivity contribution is -0.125. The van der Waals surface area contributed by atoms with Gasteiger partial charge in [-0.2, -0.15) is 0 Å². The largest absolute Gasteiger partial charge is 0.497 e. The van der Waals surface area contributed by atoms with Crippen molar-refractivity contribution in [1.29, 1.82) is 0 Å². The van der Waals surface area contributed by atoms with E-state index >= 15 is 0 Å². The molecule has 106 valence electrons. The number of Topliss-reactive ketones (excluding diaryl/α,β-unsaturated/α-hetero) is 1. The molecule has 0 radical (unpaired) electrons. The molecule has 1 saturated carbocycles. The molecule has 2 atom stereocenters. The summed E-state index contributed by atoms with van der Waals surface area (Å²) in [6, 6.07) is 5.49. The fraction of sp³-hybridized carbons (Fsp3) is 0.500. The van der Waals surface area contributed by atoms with Crippen molar-refractivity contribution in [2.24, 2.45) is 5.92 Å². The minimum Gasteiger partial charge on any atom is -0.497 e. The van der Waals surface area contributed by atoms with Crippen molar-refractivity contribution in [3.63, 3.8) is 0 Å². The zero-order valence-electron chi connectivity index (χ0n) is 12.0. The Labute approximate surface area is 118 Å². The minimum absolute atomic E-state index is 0.0123. The molecule has 1 saturated heterocycles. The highest BCUT2D eigenvalue weighted by Crippen LogP contribution is 2.46. The Morgan fingerprint density at radius 2 is 2.00 bits per heavy atom. The second-order valence-electron chi connectivity index (χ2n) is 5.99. The third-order valence-corrected chi connectivity index (χ3v) is 4.60. The predicted octanol–water partition coefficient (Wildman–Crippen LogP) is 1.95. The van der Waals surface area contributed by atoms with Crippen LogP contribution in [0.3, 0.4) is 0 Å². The Morgan fingerprint density at radius 1 is 1.30 bits per heavy atom. The molecule has 3 rings (SSSR count). The number of benzene rings is 1. The zero-order valence-corrected chi connectivity index (χ0v) is 12.0. The molecule has 4 nitrogen and oxygen atoms in total. The second kappa shape index (κ2) is 4.33. The first-order chi connectivity index (χ1) is 9.47. The number of carbonyl (C=O) groups excluding carboxylic acids is 2. The second-order valence-corrected chi connectivity index (χ2v) is 5.99. The number of methoxy groups -OCH3 is 1. The van der Waals surface area contributed by atoms with E-state index in [0.29, 0.717) is 5.92 Å². The SMILES string of the molecule is COc1ccc(C2C(=O)NC(C)(C3CC3)C2=O)c(C)c1. The van der Waals surface area contributed by atoms with Crippen LogP contribution in [0.5, 0.6) is 5.75 Å². The number of hydrogen-bond acceptors (Lipinski definition) is 3. The smallest absolute Gasteiger partial charge is 0.235 e. The van der Waals surface area contributed by atoms with E-state index in [4.69, 9.17) is 4.74 Å². The molecule has 4 heteroatoms.